The van der Waals surface area contributed by atoms with Gasteiger partial charge >= 0.3 is 47.4 Å². The first-order valence-corrected chi connectivity index (χ1v) is 19.1. The Bertz CT molecular complexity index is 1150. The molecule has 11 N–H and O–H groups in total. The van der Waals surface area contributed by atoms with Crippen LogP contribution in [0, 0.1) is 0 Å². The van der Waals surface area contributed by atoms with E-state index >= 15 is 0 Å². The first-order valence-electron chi connectivity index (χ1n) is 10.1. The molecular formula is C15H29F6NO18P6. The third-order valence-electron chi connectivity index (χ3n) is 2.88. The van der Waals surface area contributed by atoms with Crippen LogP contribution in [0.1, 0.15) is 5.56 Å². The molecule has 0 bridgehead atoms. The van der Waals surface area contributed by atoms with Gasteiger partial charge in [-0.1, -0.05) is 48.5 Å². The fraction of sp³-hybridized carbons (Fsp3) is 0.200. The molecule has 0 amide bonds. The van der Waals surface area contributed by atoms with Crippen molar-refractivity contribution in [1.29, 1.82) is 0 Å². The summed E-state index contributed by atoms with van der Waals surface area (Å²) in [6.07, 6.45) is 0. The van der Waals surface area contributed by atoms with Gasteiger partial charge in [0, 0.05) is 5.56 Å². The summed E-state index contributed by atoms with van der Waals surface area (Å²) in [5.74, 6) is 0. The van der Waals surface area contributed by atoms with E-state index in [0.717, 1.165) is 11.0 Å². The number of nitrogens with zero attached hydrogens (tertiary/aromatic N) is 1. The largest absolute Gasteiger partial charge is 0.753 e. The van der Waals surface area contributed by atoms with Crippen molar-refractivity contribution in [3.8, 4) is 0 Å². The average molecular weight is 811 g/mol. The molecule has 0 saturated heterocycles. The Morgan fingerprint density at radius 3 is 0.870 bits per heavy atom. The standard InChI is InChI=1S/C15H18N.6FH2O3P/c1-16(2,15-11-7-4-8-12-15)13-14-9-5-3-6-10-14;6*1-5(2,3)4/h3-12H,13H2,1-2H3;6*(H2,2,3,4)/q+1;;;;;;/p-1. The van der Waals surface area contributed by atoms with E-state index in [1.807, 2.05) is 0 Å². The molecule has 31 heteroatoms. The van der Waals surface area contributed by atoms with Gasteiger partial charge < -0.3 is 9.79 Å². The number of benzene rings is 2. The number of rotatable bonds is 3. The number of para-hydroxylation sites is 1. The van der Waals surface area contributed by atoms with Crippen molar-refractivity contribution in [3.63, 3.8) is 0 Å². The summed E-state index contributed by atoms with van der Waals surface area (Å²) >= 11 is 0. The second-order valence-electron chi connectivity index (χ2n) is 7.48. The van der Waals surface area contributed by atoms with Crippen LogP contribution < -0.4 is 9.38 Å². The zero-order valence-electron chi connectivity index (χ0n) is 22.7. The van der Waals surface area contributed by atoms with Crippen LogP contribution in [0.4, 0.5) is 30.9 Å². The maximum Gasteiger partial charge on any atom is 0.507 e. The van der Waals surface area contributed by atoms with Crippen molar-refractivity contribution < 1.29 is 111 Å². The van der Waals surface area contributed by atoms with E-state index in [2.05, 4.69) is 74.8 Å². The Kier molecular flexibility index (Phi) is 28.4. The Hall–Kier alpha value is -1.12. The topological polar surface area (TPSA) is 348 Å². The first kappa shape index (κ1) is 54.3. The molecule has 0 aliphatic rings. The van der Waals surface area contributed by atoms with Crippen molar-refractivity contribution in [3.05, 3.63) is 66.2 Å². The minimum absolute atomic E-state index is 0.880. The molecule has 0 aliphatic carbocycles. The van der Waals surface area contributed by atoms with Crippen LogP contribution in [0.5, 0.6) is 0 Å². The summed E-state index contributed by atoms with van der Waals surface area (Å²) in [5, 5.41) is 0. The van der Waals surface area contributed by atoms with E-state index in [0.29, 0.717) is 0 Å². The van der Waals surface area contributed by atoms with Gasteiger partial charge in [0.05, 0.1) is 14.1 Å². The third kappa shape index (κ3) is 112. The van der Waals surface area contributed by atoms with Crippen LogP contribution in [-0.4, -0.2) is 67.9 Å². The van der Waals surface area contributed by atoms with Crippen molar-refractivity contribution >= 4 is 53.1 Å². The highest BCUT2D eigenvalue weighted by Crippen LogP contribution is 2.36. The van der Waals surface area contributed by atoms with E-state index in [1.54, 1.807) is 0 Å². The molecule has 46 heavy (non-hydrogen) atoms. The number of halogens is 6. The molecule has 0 aromatic heterocycles. The lowest BCUT2D eigenvalue weighted by atomic mass is 10.2. The molecule has 1 atom stereocenters. The number of hydrogen-bond acceptors (Lipinski definition) is 7. The van der Waals surface area contributed by atoms with E-state index in [9.17, 15) is 25.2 Å². The Balaban J connectivity index is -0.000000157. The van der Waals surface area contributed by atoms with E-state index in [-0.39, 0.29) is 0 Å². The first-order chi connectivity index (χ1) is 19.7. The Morgan fingerprint density at radius 2 is 0.674 bits per heavy atom. The normalized spacial score (nSPS) is 12.7. The highest BCUT2D eigenvalue weighted by molar-refractivity contribution is 7.46. The molecule has 0 fully saturated rings. The molecule has 19 nitrogen and oxygen atoms in total. The summed E-state index contributed by atoms with van der Waals surface area (Å²) in [5.41, 5.74) is 2.71. The fourth-order valence-electron chi connectivity index (χ4n) is 1.96. The molecule has 2 aromatic rings. The van der Waals surface area contributed by atoms with Crippen LogP contribution in [-0.2, 0) is 33.9 Å². The highest BCUT2D eigenvalue weighted by atomic mass is 31.2. The van der Waals surface area contributed by atoms with Crippen molar-refractivity contribution in [2.24, 2.45) is 0 Å². The average Bonchev–Trinajstić information content (AvgIpc) is 2.67. The smallest absolute Gasteiger partial charge is 0.507 e. The lowest BCUT2D eigenvalue weighted by molar-refractivity contribution is -0.206. The van der Waals surface area contributed by atoms with Crippen LogP contribution in [0.2, 0.25) is 0 Å². The maximum absolute atomic E-state index is 10.4. The van der Waals surface area contributed by atoms with Gasteiger partial charge in [-0.05, 0) is 12.1 Å². The molecule has 0 saturated carbocycles. The monoisotopic (exact) mass is 811 g/mol. The fourth-order valence-corrected chi connectivity index (χ4v) is 1.96. The summed E-state index contributed by atoms with van der Waals surface area (Å²) < 4.78 is 115. The second kappa shape index (κ2) is 24.1. The summed E-state index contributed by atoms with van der Waals surface area (Å²) in [7, 11) is -26.6. The van der Waals surface area contributed by atoms with Gasteiger partial charge in [-0.15, -0.1) is 21.0 Å². The van der Waals surface area contributed by atoms with Gasteiger partial charge in [0.25, 0.3) is 0 Å². The maximum atomic E-state index is 10.4. The summed E-state index contributed by atoms with van der Waals surface area (Å²) in [6, 6.07) is 21.2. The lowest BCUT2D eigenvalue weighted by Crippen LogP contribution is -2.39. The number of quaternary nitrogens is 1. The molecule has 0 aliphatic heterocycles. The predicted octanol–water partition coefficient (Wildman–Crippen LogP) is 3.11. The quantitative estimate of drug-likeness (QED) is 0.120. The van der Waals surface area contributed by atoms with Crippen molar-refractivity contribution in [1.82, 2.24) is 4.48 Å². The molecule has 0 heterocycles. The molecule has 2 aromatic carbocycles. The van der Waals surface area contributed by atoms with Gasteiger partial charge in [-0.2, -0.15) is 4.20 Å². The SMILES string of the molecule is C[N+](C)(Cc1ccccc1)c1ccccc1.O=P(O)(O)F.O=P(O)(O)F.O=P(O)(O)F.O=P(O)(O)F.O=P(O)(O)F.O=P([O-])(O)F. The van der Waals surface area contributed by atoms with Crippen molar-refractivity contribution in [2.75, 3.05) is 14.1 Å². The molecule has 2 rings (SSSR count). The van der Waals surface area contributed by atoms with Crippen LogP contribution in [0.3, 0.4) is 0 Å². The number of hydrogen-bond donors (Lipinski definition) is 11. The van der Waals surface area contributed by atoms with Crippen molar-refractivity contribution in [2.45, 2.75) is 6.54 Å². The van der Waals surface area contributed by atoms with Gasteiger partial charge in [0.1, 0.15) is 12.2 Å². The van der Waals surface area contributed by atoms with E-state index in [1.165, 1.54) is 11.3 Å². The zero-order valence-corrected chi connectivity index (χ0v) is 28.0. The molecule has 0 spiro atoms. The predicted molar refractivity (Wildman–Crippen MR) is 147 cm³/mol. The van der Waals surface area contributed by atoms with Gasteiger partial charge in [0.15, 0.2) is 0 Å². The highest BCUT2D eigenvalue weighted by Gasteiger charge is 2.18. The molecular weight excluding hydrogens is 782 g/mol. The lowest BCUT2D eigenvalue weighted by Gasteiger charge is -2.29. The summed E-state index contributed by atoms with van der Waals surface area (Å²) in [4.78, 5) is 85.1. The van der Waals surface area contributed by atoms with Crippen LogP contribution >= 0.6 is 47.4 Å². The van der Waals surface area contributed by atoms with E-state index < -0.39 is 47.4 Å². The van der Waals surface area contributed by atoms with Gasteiger partial charge in [0.2, 0.25) is 0 Å². The minimum Gasteiger partial charge on any atom is -0.753 e. The summed E-state index contributed by atoms with van der Waals surface area (Å²) in [6.45, 7) is 1.02. The molecule has 0 radical (unpaired) electrons. The molecule has 1 unspecified atom stereocenters. The molecule has 274 valence electrons. The zero-order chi connectivity index (χ0) is 38.4. The Labute approximate surface area is 256 Å². The van der Waals surface area contributed by atoms with Gasteiger partial charge in [-0.3, -0.25) is 58.0 Å². The van der Waals surface area contributed by atoms with Gasteiger partial charge in [-0.25, -0.2) is 22.8 Å². The second-order valence-corrected chi connectivity index (χ2v) is 13.1. The minimum atomic E-state index is -5.39. The Morgan fingerprint density at radius 1 is 0.500 bits per heavy atom. The van der Waals surface area contributed by atoms with Crippen LogP contribution in [0.15, 0.2) is 60.7 Å². The van der Waals surface area contributed by atoms with E-state index in [4.69, 9.17) is 86.1 Å². The third-order valence-corrected chi connectivity index (χ3v) is 2.88. The van der Waals surface area contributed by atoms with Crippen LogP contribution in [0.25, 0.3) is 0 Å².